The number of Topliss-reactive ketones (excluding diaryl/α,β-unsaturated/α-hetero) is 1. The summed E-state index contributed by atoms with van der Waals surface area (Å²) in [5, 5.41) is 10.1. The van der Waals surface area contributed by atoms with E-state index >= 15 is 0 Å². The molecule has 0 saturated carbocycles. The van der Waals surface area contributed by atoms with Gasteiger partial charge in [0.1, 0.15) is 5.69 Å². The predicted molar refractivity (Wildman–Crippen MR) is 54.2 cm³/mol. The van der Waals surface area contributed by atoms with Crippen molar-refractivity contribution in [3.05, 3.63) is 28.8 Å². The topological polar surface area (TPSA) is 79.3 Å². The van der Waals surface area contributed by atoms with Crippen molar-refractivity contribution in [1.82, 2.24) is 10.3 Å². The Labute approximate surface area is 95.2 Å². The second-order valence-corrected chi connectivity index (χ2v) is 3.27. The lowest BCUT2D eigenvalue weighted by atomic mass is 10.2. The first kappa shape index (κ1) is 12.4. The maximum absolute atomic E-state index is 13.3. The first-order valence-electron chi connectivity index (χ1n) is 4.32. The molecule has 2 N–H and O–H groups in total. The number of aromatic nitrogens is 1. The highest BCUT2D eigenvalue weighted by atomic mass is 35.5. The minimum Gasteiger partial charge on any atom is -0.465 e. The number of nitrogens with zero attached hydrogens (tertiary/aromatic N) is 1. The first-order valence-corrected chi connectivity index (χ1v) is 4.70. The van der Waals surface area contributed by atoms with Gasteiger partial charge in [-0.25, -0.2) is 14.2 Å². The molecular formula is C9H8ClFN2O3. The number of carboxylic acid groups (broad SMARTS) is 1. The van der Waals surface area contributed by atoms with Crippen molar-refractivity contribution < 1.29 is 19.1 Å². The van der Waals surface area contributed by atoms with Crippen LogP contribution >= 0.6 is 11.6 Å². The number of hydrogen-bond acceptors (Lipinski definition) is 3. The third-order valence-corrected chi connectivity index (χ3v) is 2.03. The summed E-state index contributed by atoms with van der Waals surface area (Å²) in [5.74, 6) is -1.49. The van der Waals surface area contributed by atoms with Gasteiger partial charge in [0, 0.05) is 19.2 Å². The van der Waals surface area contributed by atoms with Gasteiger partial charge in [0.05, 0.1) is 5.02 Å². The molecule has 1 heterocycles. The minimum atomic E-state index is -1.24. The Morgan fingerprint density at radius 3 is 2.88 bits per heavy atom. The Morgan fingerprint density at radius 1 is 1.56 bits per heavy atom. The predicted octanol–water partition coefficient (Wildman–Crippen LogP) is 1.71. The Bertz CT molecular complexity index is 425. The summed E-state index contributed by atoms with van der Waals surface area (Å²) in [5.41, 5.74) is -0.375. The molecule has 0 saturated heterocycles. The quantitative estimate of drug-likeness (QED) is 0.793. The van der Waals surface area contributed by atoms with Crippen molar-refractivity contribution in [2.24, 2.45) is 0 Å². The largest absolute Gasteiger partial charge is 0.465 e. The Morgan fingerprint density at radius 2 is 2.25 bits per heavy atom. The number of halogens is 2. The highest BCUT2D eigenvalue weighted by Crippen LogP contribution is 2.16. The van der Waals surface area contributed by atoms with Gasteiger partial charge in [0.15, 0.2) is 11.6 Å². The maximum Gasteiger partial charge on any atom is 0.404 e. The lowest BCUT2D eigenvalue weighted by Gasteiger charge is -2.02. The fourth-order valence-electron chi connectivity index (χ4n) is 1.02. The molecule has 0 unspecified atom stereocenters. The summed E-state index contributed by atoms with van der Waals surface area (Å²) in [7, 11) is 0. The van der Waals surface area contributed by atoms with E-state index in [4.69, 9.17) is 16.7 Å². The van der Waals surface area contributed by atoms with Gasteiger partial charge in [-0.2, -0.15) is 0 Å². The van der Waals surface area contributed by atoms with Crippen molar-refractivity contribution in [2.75, 3.05) is 6.54 Å². The van der Waals surface area contributed by atoms with Crippen LogP contribution in [0.2, 0.25) is 5.02 Å². The van der Waals surface area contributed by atoms with Gasteiger partial charge in [0.25, 0.3) is 0 Å². The molecule has 86 valence electrons. The van der Waals surface area contributed by atoms with Gasteiger partial charge >= 0.3 is 6.09 Å². The minimum absolute atomic E-state index is 0.0954. The number of carbonyl (C=O) groups is 2. The average molecular weight is 247 g/mol. The second kappa shape index (κ2) is 5.41. The van der Waals surface area contributed by atoms with Gasteiger partial charge in [-0.15, -0.1) is 0 Å². The smallest absolute Gasteiger partial charge is 0.404 e. The summed E-state index contributed by atoms with van der Waals surface area (Å²) in [6, 6.07) is 1.23. The summed E-state index contributed by atoms with van der Waals surface area (Å²) >= 11 is 5.47. The summed E-state index contributed by atoms with van der Waals surface area (Å²) in [6.07, 6.45) is -0.202. The Hall–Kier alpha value is -1.69. The van der Waals surface area contributed by atoms with E-state index in [1.54, 1.807) is 0 Å². The molecule has 1 aromatic heterocycles. The second-order valence-electron chi connectivity index (χ2n) is 2.86. The van der Waals surface area contributed by atoms with Crippen molar-refractivity contribution in [2.45, 2.75) is 6.42 Å². The number of pyridine rings is 1. The number of nitrogens with one attached hydrogen (secondary N) is 1. The van der Waals surface area contributed by atoms with Gasteiger partial charge in [-0.1, -0.05) is 11.6 Å². The lowest BCUT2D eigenvalue weighted by Crippen LogP contribution is -2.24. The van der Waals surface area contributed by atoms with Crippen LogP contribution in [0.1, 0.15) is 16.9 Å². The molecular weight excluding hydrogens is 239 g/mol. The summed E-state index contributed by atoms with van der Waals surface area (Å²) in [6.45, 7) is -0.0954. The summed E-state index contributed by atoms with van der Waals surface area (Å²) < 4.78 is 13.3. The number of ketones is 1. The van der Waals surface area contributed by atoms with Crippen molar-refractivity contribution in [3.8, 4) is 0 Å². The molecule has 0 spiro atoms. The molecule has 16 heavy (non-hydrogen) atoms. The Kier molecular flexibility index (Phi) is 4.19. The Balaban J connectivity index is 2.66. The van der Waals surface area contributed by atoms with E-state index < -0.39 is 17.7 Å². The van der Waals surface area contributed by atoms with Crippen LogP contribution in [0, 0.1) is 5.82 Å². The number of rotatable bonds is 4. The molecule has 1 aromatic rings. The molecule has 0 aromatic carbocycles. The molecule has 7 heteroatoms. The molecule has 1 amide bonds. The van der Waals surface area contributed by atoms with Crippen LogP contribution in [-0.4, -0.2) is 28.5 Å². The highest BCUT2D eigenvalue weighted by Gasteiger charge is 2.15. The SMILES string of the molecule is O=C(O)NCCC(=O)c1nccc(Cl)c1F. The van der Waals surface area contributed by atoms with E-state index in [-0.39, 0.29) is 23.7 Å². The van der Waals surface area contributed by atoms with E-state index in [0.29, 0.717) is 0 Å². The molecule has 0 aliphatic carbocycles. The fourth-order valence-corrected chi connectivity index (χ4v) is 1.16. The molecule has 1 rings (SSSR count). The van der Waals surface area contributed by atoms with E-state index in [1.165, 1.54) is 12.3 Å². The molecule has 0 fully saturated rings. The van der Waals surface area contributed by atoms with E-state index in [1.807, 2.05) is 5.32 Å². The fraction of sp³-hybridized carbons (Fsp3) is 0.222. The standard InChI is InChI=1S/C9H8ClFN2O3/c10-5-1-3-12-8(7(5)11)6(14)2-4-13-9(15)16/h1,3,13H,2,4H2,(H,15,16). The zero-order chi connectivity index (χ0) is 12.1. The molecule has 0 atom stereocenters. The molecule has 5 nitrogen and oxygen atoms in total. The van der Waals surface area contributed by atoms with Crippen molar-refractivity contribution in [1.29, 1.82) is 0 Å². The van der Waals surface area contributed by atoms with Crippen molar-refractivity contribution >= 4 is 23.5 Å². The maximum atomic E-state index is 13.3. The third kappa shape index (κ3) is 3.16. The van der Waals surface area contributed by atoms with Crippen LogP contribution in [0.15, 0.2) is 12.3 Å². The first-order chi connectivity index (χ1) is 7.52. The molecule has 0 radical (unpaired) electrons. The number of carbonyl (C=O) groups excluding carboxylic acids is 1. The zero-order valence-electron chi connectivity index (χ0n) is 8.04. The highest BCUT2D eigenvalue weighted by molar-refractivity contribution is 6.31. The normalized spacial score (nSPS) is 9.88. The van der Waals surface area contributed by atoms with Gasteiger partial charge in [-0.05, 0) is 6.07 Å². The zero-order valence-corrected chi connectivity index (χ0v) is 8.79. The van der Waals surface area contributed by atoms with E-state index in [9.17, 15) is 14.0 Å². The van der Waals surface area contributed by atoms with Crippen LogP contribution in [0.3, 0.4) is 0 Å². The van der Waals surface area contributed by atoms with Crippen LogP contribution in [-0.2, 0) is 0 Å². The average Bonchev–Trinajstić information content (AvgIpc) is 2.21. The van der Waals surface area contributed by atoms with Crippen LogP contribution in [0.5, 0.6) is 0 Å². The molecule has 0 aliphatic heterocycles. The van der Waals surface area contributed by atoms with Gasteiger partial charge < -0.3 is 10.4 Å². The summed E-state index contributed by atoms with van der Waals surface area (Å²) in [4.78, 5) is 25.1. The van der Waals surface area contributed by atoms with Crippen molar-refractivity contribution in [3.63, 3.8) is 0 Å². The van der Waals surface area contributed by atoms with Crippen LogP contribution in [0.25, 0.3) is 0 Å². The molecule has 0 bridgehead atoms. The molecule has 0 aliphatic rings. The van der Waals surface area contributed by atoms with E-state index in [0.717, 1.165) is 0 Å². The monoisotopic (exact) mass is 246 g/mol. The van der Waals surface area contributed by atoms with Crippen LogP contribution < -0.4 is 5.32 Å². The lowest BCUT2D eigenvalue weighted by molar-refractivity contribution is 0.0974. The third-order valence-electron chi connectivity index (χ3n) is 1.73. The van der Waals surface area contributed by atoms with Gasteiger partial charge in [0.2, 0.25) is 0 Å². The van der Waals surface area contributed by atoms with Crippen LogP contribution in [0.4, 0.5) is 9.18 Å². The number of hydrogen-bond donors (Lipinski definition) is 2. The van der Waals surface area contributed by atoms with E-state index in [2.05, 4.69) is 4.98 Å². The van der Waals surface area contributed by atoms with Gasteiger partial charge in [-0.3, -0.25) is 4.79 Å². The number of amides is 1.